The standard InChI is InChI=1S/C16H20OS/c1-16(2,3)18(17,14-10-6-4-7-11-14)15-12-8-5-9-13-15/h4-13,18H,1-3H3. The maximum atomic E-state index is 13.6. The van der Waals surface area contributed by atoms with E-state index in [9.17, 15) is 4.21 Å². The molecular weight excluding hydrogens is 240 g/mol. The average molecular weight is 260 g/mol. The normalized spacial score (nSPS) is 13.3. The molecule has 0 aliphatic rings. The molecule has 0 aromatic heterocycles. The van der Waals surface area contributed by atoms with Gasteiger partial charge >= 0.3 is 0 Å². The molecular formula is C16H20OS. The van der Waals surface area contributed by atoms with E-state index in [2.05, 4.69) is 0 Å². The zero-order valence-corrected chi connectivity index (χ0v) is 12.0. The van der Waals surface area contributed by atoms with E-state index in [0.29, 0.717) is 0 Å². The van der Waals surface area contributed by atoms with Gasteiger partial charge < -0.3 is 0 Å². The summed E-state index contributed by atoms with van der Waals surface area (Å²) >= 11 is 0. The van der Waals surface area contributed by atoms with Crippen LogP contribution in [0.2, 0.25) is 0 Å². The molecule has 0 unspecified atom stereocenters. The van der Waals surface area contributed by atoms with E-state index < -0.39 is 9.93 Å². The highest BCUT2D eigenvalue weighted by molar-refractivity contribution is 8.04. The van der Waals surface area contributed by atoms with Crippen LogP contribution >= 0.6 is 0 Å². The Morgan fingerprint density at radius 1 is 0.722 bits per heavy atom. The fraction of sp³-hybridized carbons (Fsp3) is 0.250. The third kappa shape index (κ3) is 2.13. The van der Waals surface area contributed by atoms with Crippen LogP contribution in [0.25, 0.3) is 0 Å². The molecule has 2 aromatic rings. The average Bonchev–Trinajstić information content (AvgIpc) is 2.38. The van der Waals surface area contributed by atoms with Crippen molar-refractivity contribution >= 4 is 9.93 Å². The van der Waals surface area contributed by atoms with Crippen molar-refractivity contribution in [1.29, 1.82) is 0 Å². The van der Waals surface area contributed by atoms with Gasteiger partial charge in [-0.2, -0.15) is 0 Å². The van der Waals surface area contributed by atoms with Gasteiger partial charge in [-0.15, -0.1) is 0 Å². The molecule has 0 amide bonds. The van der Waals surface area contributed by atoms with E-state index in [1.165, 1.54) is 0 Å². The smallest absolute Gasteiger partial charge is 0.0232 e. The molecule has 0 fully saturated rings. The molecule has 0 atom stereocenters. The van der Waals surface area contributed by atoms with Crippen LogP contribution in [0, 0.1) is 0 Å². The first-order chi connectivity index (χ1) is 8.46. The molecule has 2 aromatic carbocycles. The highest BCUT2D eigenvalue weighted by Gasteiger charge is 2.33. The predicted octanol–water partition coefficient (Wildman–Crippen LogP) is 3.92. The Labute approximate surface area is 110 Å². The first-order valence-corrected chi connectivity index (χ1v) is 7.88. The second-order valence-electron chi connectivity index (χ2n) is 5.45. The van der Waals surface area contributed by atoms with E-state index in [0.717, 1.165) is 9.79 Å². The van der Waals surface area contributed by atoms with Crippen molar-refractivity contribution < 1.29 is 4.21 Å². The summed E-state index contributed by atoms with van der Waals surface area (Å²) in [4.78, 5) is 1.87. The Balaban J connectivity index is 2.68. The van der Waals surface area contributed by atoms with Crippen LogP contribution in [0.5, 0.6) is 0 Å². The Kier molecular flexibility index (Phi) is 3.40. The summed E-state index contributed by atoms with van der Waals surface area (Å²) in [5.41, 5.74) is 0. The molecule has 0 heterocycles. The molecule has 2 heteroatoms. The summed E-state index contributed by atoms with van der Waals surface area (Å²) in [6, 6.07) is 19.6. The van der Waals surface area contributed by atoms with Crippen LogP contribution in [0.1, 0.15) is 20.8 Å². The quantitative estimate of drug-likeness (QED) is 0.810. The third-order valence-electron chi connectivity index (χ3n) is 3.18. The molecule has 2 rings (SSSR count). The highest BCUT2D eigenvalue weighted by atomic mass is 32.2. The largest absolute Gasteiger partial charge is 0.275 e. The maximum absolute atomic E-state index is 13.6. The van der Waals surface area contributed by atoms with E-state index in [1.807, 2.05) is 81.4 Å². The van der Waals surface area contributed by atoms with Gasteiger partial charge in [-0.25, -0.2) is 0 Å². The summed E-state index contributed by atoms with van der Waals surface area (Å²) in [6.07, 6.45) is 0. The molecule has 96 valence electrons. The Bertz CT molecular complexity index is 509. The van der Waals surface area contributed by atoms with Gasteiger partial charge in [0.25, 0.3) is 0 Å². The fourth-order valence-electron chi connectivity index (χ4n) is 2.20. The van der Waals surface area contributed by atoms with E-state index >= 15 is 0 Å². The minimum absolute atomic E-state index is 0.282. The Morgan fingerprint density at radius 2 is 1.06 bits per heavy atom. The zero-order valence-electron chi connectivity index (χ0n) is 11.1. The van der Waals surface area contributed by atoms with E-state index in [1.54, 1.807) is 0 Å². The summed E-state index contributed by atoms with van der Waals surface area (Å²) in [5, 5.41) is 0. The van der Waals surface area contributed by atoms with Gasteiger partial charge in [-0.1, -0.05) is 46.3 Å². The van der Waals surface area contributed by atoms with Crippen molar-refractivity contribution in [1.82, 2.24) is 0 Å². The number of thiol groups is 1. The summed E-state index contributed by atoms with van der Waals surface area (Å²) in [5.74, 6) is 0. The van der Waals surface area contributed by atoms with E-state index in [-0.39, 0.29) is 4.75 Å². The lowest BCUT2D eigenvalue weighted by molar-refractivity contribution is 0.630. The maximum Gasteiger partial charge on any atom is 0.0232 e. The van der Waals surface area contributed by atoms with Gasteiger partial charge in [0.2, 0.25) is 0 Å². The van der Waals surface area contributed by atoms with Crippen molar-refractivity contribution in [2.75, 3.05) is 0 Å². The molecule has 0 radical (unpaired) electrons. The minimum atomic E-state index is -2.61. The highest BCUT2D eigenvalue weighted by Crippen LogP contribution is 2.38. The van der Waals surface area contributed by atoms with Gasteiger partial charge in [-0.05, 0) is 45.0 Å². The second kappa shape index (κ2) is 4.69. The van der Waals surface area contributed by atoms with Crippen LogP contribution in [0.3, 0.4) is 0 Å². The van der Waals surface area contributed by atoms with Gasteiger partial charge in [0.15, 0.2) is 0 Å². The van der Waals surface area contributed by atoms with E-state index in [4.69, 9.17) is 0 Å². The van der Waals surface area contributed by atoms with Crippen LogP contribution in [-0.4, -0.2) is 8.96 Å². The fourth-order valence-corrected chi connectivity index (χ4v) is 5.23. The molecule has 0 aliphatic heterocycles. The minimum Gasteiger partial charge on any atom is -0.275 e. The predicted molar refractivity (Wildman–Crippen MR) is 78.7 cm³/mol. The molecule has 0 spiro atoms. The lowest BCUT2D eigenvalue weighted by Crippen LogP contribution is -2.35. The molecule has 0 bridgehead atoms. The Morgan fingerprint density at radius 3 is 1.33 bits per heavy atom. The first kappa shape index (κ1) is 13.0. The summed E-state index contributed by atoms with van der Waals surface area (Å²) < 4.78 is 13.4. The molecule has 18 heavy (non-hydrogen) atoms. The third-order valence-corrected chi connectivity index (χ3v) is 7.12. The molecule has 0 saturated heterocycles. The van der Waals surface area contributed by atoms with Crippen molar-refractivity contribution in [2.24, 2.45) is 0 Å². The molecule has 1 nitrogen and oxygen atoms in total. The summed E-state index contributed by atoms with van der Waals surface area (Å²) in [7, 11) is -2.61. The Hall–Kier alpha value is -1.41. The SMILES string of the molecule is CC(C)(C)[SH](=O)(c1ccccc1)c1ccccc1. The van der Waals surface area contributed by atoms with Crippen LogP contribution in [0.4, 0.5) is 0 Å². The molecule has 0 saturated carbocycles. The number of hydrogen-bond donors (Lipinski definition) is 1. The number of hydrogen-bond acceptors (Lipinski definition) is 1. The van der Waals surface area contributed by atoms with Crippen LogP contribution < -0.4 is 0 Å². The van der Waals surface area contributed by atoms with Crippen molar-refractivity contribution in [3.05, 3.63) is 60.7 Å². The van der Waals surface area contributed by atoms with Crippen molar-refractivity contribution in [3.63, 3.8) is 0 Å². The molecule has 0 N–H and O–H groups in total. The van der Waals surface area contributed by atoms with Gasteiger partial charge in [0.1, 0.15) is 0 Å². The van der Waals surface area contributed by atoms with Gasteiger partial charge in [0, 0.05) is 14.5 Å². The lowest BCUT2D eigenvalue weighted by Gasteiger charge is -2.37. The van der Waals surface area contributed by atoms with Gasteiger partial charge in [-0.3, -0.25) is 4.21 Å². The van der Waals surface area contributed by atoms with Crippen LogP contribution in [0.15, 0.2) is 70.5 Å². The van der Waals surface area contributed by atoms with Gasteiger partial charge in [0.05, 0.1) is 0 Å². The first-order valence-electron chi connectivity index (χ1n) is 6.17. The van der Waals surface area contributed by atoms with Crippen LogP contribution in [-0.2, 0) is 9.93 Å². The number of benzene rings is 2. The van der Waals surface area contributed by atoms with Crippen molar-refractivity contribution in [3.8, 4) is 0 Å². The lowest BCUT2D eigenvalue weighted by atomic mass is 10.3. The number of rotatable bonds is 2. The summed E-state index contributed by atoms with van der Waals surface area (Å²) in [6.45, 7) is 6.15. The van der Waals surface area contributed by atoms with Crippen molar-refractivity contribution in [2.45, 2.75) is 35.3 Å². The zero-order chi connectivity index (χ0) is 13.2. The molecule has 0 aliphatic carbocycles. The second-order valence-corrected chi connectivity index (χ2v) is 9.04. The monoisotopic (exact) mass is 260 g/mol. The topological polar surface area (TPSA) is 17.1 Å².